The van der Waals surface area contributed by atoms with E-state index in [2.05, 4.69) is 14.9 Å². The maximum atomic E-state index is 13.2. The average molecular weight is 402 g/mol. The molecule has 1 saturated heterocycles. The van der Waals surface area contributed by atoms with E-state index in [4.69, 9.17) is 9.47 Å². The fourth-order valence-corrected chi connectivity index (χ4v) is 4.95. The van der Waals surface area contributed by atoms with Gasteiger partial charge in [-0.1, -0.05) is 12.1 Å². The number of anilines is 1. The zero-order chi connectivity index (χ0) is 19.7. The first-order chi connectivity index (χ1) is 13.5. The molecule has 2 heterocycles. The van der Waals surface area contributed by atoms with Gasteiger partial charge in [0, 0.05) is 32.2 Å². The molecule has 2 aromatic carbocycles. The number of rotatable bonds is 5. The summed E-state index contributed by atoms with van der Waals surface area (Å²) in [5, 5.41) is 0. The summed E-state index contributed by atoms with van der Waals surface area (Å²) < 4.78 is 38.3. The number of benzene rings is 2. The van der Waals surface area contributed by atoms with E-state index in [9.17, 15) is 8.42 Å². The van der Waals surface area contributed by atoms with Crippen LogP contribution in [0.2, 0.25) is 0 Å². The molecule has 3 aromatic rings. The lowest BCUT2D eigenvalue weighted by molar-refractivity contribution is 0.369. The van der Waals surface area contributed by atoms with Crippen LogP contribution < -0.4 is 14.4 Å². The van der Waals surface area contributed by atoms with E-state index < -0.39 is 10.0 Å². The van der Waals surface area contributed by atoms with Gasteiger partial charge in [-0.2, -0.15) is 4.31 Å². The topological polar surface area (TPSA) is 87.8 Å². The van der Waals surface area contributed by atoms with Crippen molar-refractivity contribution in [3.8, 4) is 11.5 Å². The summed E-state index contributed by atoms with van der Waals surface area (Å²) in [6.07, 6.45) is 0. The van der Waals surface area contributed by atoms with Crippen molar-refractivity contribution >= 4 is 27.0 Å². The Balaban J connectivity index is 1.54. The van der Waals surface area contributed by atoms with Crippen LogP contribution in [0.1, 0.15) is 0 Å². The molecule has 8 nitrogen and oxygen atoms in total. The van der Waals surface area contributed by atoms with Crippen molar-refractivity contribution in [2.75, 3.05) is 45.3 Å². The molecule has 0 bridgehead atoms. The molecule has 0 unspecified atom stereocenters. The van der Waals surface area contributed by atoms with E-state index in [0.717, 1.165) is 17.0 Å². The molecule has 148 valence electrons. The van der Waals surface area contributed by atoms with Crippen LogP contribution in [-0.4, -0.2) is 63.1 Å². The van der Waals surface area contributed by atoms with Gasteiger partial charge in [0.1, 0.15) is 16.4 Å². The highest BCUT2D eigenvalue weighted by Gasteiger charge is 2.32. The van der Waals surface area contributed by atoms with Crippen LogP contribution in [-0.2, 0) is 10.0 Å². The highest BCUT2D eigenvalue weighted by Crippen LogP contribution is 2.31. The first kappa shape index (κ1) is 18.6. The number of nitrogens with one attached hydrogen (secondary N) is 1. The molecule has 0 spiro atoms. The Morgan fingerprint density at radius 1 is 1.00 bits per heavy atom. The summed E-state index contributed by atoms with van der Waals surface area (Å²) in [7, 11) is -0.734. The van der Waals surface area contributed by atoms with E-state index in [1.54, 1.807) is 12.1 Å². The molecule has 1 N–H and O–H groups in total. The number of fused-ring (bicyclic) bond motifs is 1. The van der Waals surface area contributed by atoms with E-state index in [-0.39, 0.29) is 4.90 Å². The quantitative estimate of drug-likeness (QED) is 0.703. The molecule has 1 aliphatic rings. The SMILES string of the molecule is COc1ccc(OC)c(S(=O)(=O)N2CCN(c3nc4ccccc4[nH]3)CC2)c1. The second kappa shape index (κ2) is 7.33. The molecule has 1 aromatic heterocycles. The van der Waals surface area contributed by atoms with Gasteiger partial charge in [0.2, 0.25) is 16.0 Å². The summed E-state index contributed by atoms with van der Waals surface area (Å²) in [5.74, 6) is 1.54. The molecule has 9 heteroatoms. The molecule has 1 fully saturated rings. The van der Waals surface area contributed by atoms with Crippen molar-refractivity contribution in [3.05, 3.63) is 42.5 Å². The first-order valence-corrected chi connectivity index (χ1v) is 10.4. The molecule has 0 atom stereocenters. The molecule has 0 aliphatic carbocycles. The number of aromatic amines is 1. The number of H-pyrrole nitrogens is 1. The Hall–Kier alpha value is -2.78. The van der Waals surface area contributed by atoms with Gasteiger partial charge in [0.15, 0.2) is 0 Å². The molecular weight excluding hydrogens is 380 g/mol. The minimum atomic E-state index is -3.70. The van der Waals surface area contributed by atoms with Gasteiger partial charge in [0.25, 0.3) is 0 Å². The predicted molar refractivity (Wildman–Crippen MR) is 107 cm³/mol. The lowest BCUT2D eigenvalue weighted by atomic mass is 10.3. The number of piperazine rings is 1. The first-order valence-electron chi connectivity index (χ1n) is 8.95. The van der Waals surface area contributed by atoms with Crippen LogP contribution in [0.15, 0.2) is 47.4 Å². The van der Waals surface area contributed by atoms with Crippen molar-refractivity contribution in [1.82, 2.24) is 14.3 Å². The van der Waals surface area contributed by atoms with Crippen LogP contribution >= 0.6 is 0 Å². The van der Waals surface area contributed by atoms with Crippen molar-refractivity contribution in [1.29, 1.82) is 0 Å². The lowest BCUT2D eigenvalue weighted by Crippen LogP contribution is -2.49. The van der Waals surface area contributed by atoms with Crippen molar-refractivity contribution in [2.45, 2.75) is 4.90 Å². The number of methoxy groups -OCH3 is 2. The Kier molecular flexibility index (Phi) is 4.86. The summed E-state index contributed by atoms with van der Waals surface area (Å²) in [4.78, 5) is 10.1. The van der Waals surface area contributed by atoms with Crippen LogP contribution in [0.25, 0.3) is 11.0 Å². The Labute approximate surface area is 163 Å². The lowest BCUT2D eigenvalue weighted by Gasteiger charge is -2.34. The molecule has 0 radical (unpaired) electrons. The van der Waals surface area contributed by atoms with Crippen LogP contribution in [0.5, 0.6) is 11.5 Å². The standard InChI is InChI=1S/C19H22N4O4S/c1-26-14-7-8-17(27-2)18(13-14)28(24,25)23-11-9-22(10-12-23)19-20-15-5-3-4-6-16(15)21-19/h3-8,13H,9-12H2,1-2H3,(H,20,21). The fourth-order valence-electron chi connectivity index (χ4n) is 3.35. The van der Waals surface area contributed by atoms with Gasteiger partial charge in [0.05, 0.1) is 25.3 Å². The van der Waals surface area contributed by atoms with Gasteiger partial charge < -0.3 is 19.4 Å². The number of aromatic nitrogens is 2. The molecule has 4 rings (SSSR count). The van der Waals surface area contributed by atoms with Crippen molar-refractivity contribution in [2.24, 2.45) is 0 Å². The number of hydrogen-bond acceptors (Lipinski definition) is 6. The maximum absolute atomic E-state index is 13.2. The maximum Gasteiger partial charge on any atom is 0.247 e. The number of hydrogen-bond donors (Lipinski definition) is 1. The second-order valence-corrected chi connectivity index (χ2v) is 8.39. The average Bonchev–Trinajstić information content (AvgIpc) is 3.17. The van der Waals surface area contributed by atoms with Gasteiger partial charge in [-0.05, 0) is 24.3 Å². The number of para-hydroxylation sites is 2. The van der Waals surface area contributed by atoms with Gasteiger partial charge in [-0.3, -0.25) is 0 Å². The largest absolute Gasteiger partial charge is 0.497 e. The summed E-state index contributed by atoms with van der Waals surface area (Å²) >= 11 is 0. The number of nitrogens with zero attached hydrogens (tertiary/aromatic N) is 3. The van der Waals surface area contributed by atoms with E-state index >= 15 is 0 Å². The van der Waals surface area contributed by atoms with E-state index in [1.807, 2.05) is 24.3 Å². The Bertz CT molecular complexity index is 1060. The van der Waals surface area contributed by atoms with Crippen molar-refractivity contribution in [3.63, 3.8) is 0 Å². The van der Waals surface area contributed by atoms with Gasteiger partial charge in [-0.25, -0.2) is 13.4 Å². The highest BCUT2D eigenvalue weighted by molar-refractivity contribution is 7.89. The Morgan fingerprint density at radius 2 is 1.75 bits per heavy atom. The van der Waals surface area contributed by atoms with Crippen LogP contribution in [0.4, 0.5) is 5.95 Å². The smallest absolute Gasteiger partial charge is 0.247 e. The minimum Gasteiger partial charge on any atom is -0.497 e. The third-order valence-corrected chi connectivity index (χ3v) is 6.82. The second-order valence-electron chi connectivity index (χ2n) is 6.49. The molecule has 1 aliphatic heterocycles. The molecule has 0 amide bonds. The van der Waals surface area contributed by atoms with Crippen LogP contribution in [0.3, 0.4) is 0 Å². The van der Waals surface area contributed by atoms with Crippen molar-refractivity contribution < 1.29 is 17.9 Å². The fraction of sp³-hybridized carbons (Fsp3) is 0.316. The third-order valence-electron chi connectivity index (χ3n) is 4.90. The zero-order valence-electron chi connectivity index (χ0n) is 15.8. The van der Waals surface area contributed by atoms with Gasteiger partial charge >= 0.3 is 0 Å². The summed E-state index contributed by atoms with van der Waals surface area (Å²) in [5.41, 5.74) is 1.86. The predicted octanol–water partition coefficient (Wildman–Crippen LogP) is 2.09. The third kappa shape index (κ3) is 3.27. The normalized spacial score (nSPS) is 15.7. The number of imidazole rings is 1. The minimum absolute atomic E-state index is 0.117. The zero-order valence-corrected chi connectivity index (χ0v) is 16.6. The number of sulfonamides is 1. The van der Waals surface area contributed by atoms with Crippen LogP contribution in [0, 0.1) is 0 Å². The monoisotopic (exact) mass is 402 g/mol. The Morgan fingerprint density at radius 3 is 2.43 bits per heavy atom. The summed E-state index contributed by atoms with van der Waals surface area (Å²) in [6, 6.07) is 12.6. The summed E-state index contributed by atoms with van der Waals surface area (Å²) in [6.45, 7) is 1.82. The molecular formula is C19H22N4O4S. The highest BCUT2D eigenvalue weighted by atomic mass is 32.2. The van der Waals surface area contributed by atoms with E-state index in [1.165, 1.54) is 24.6 Å². The van der Waals surface area contributed by atoms with E-state index in [0.29, 0.717) is 37.7 Å². The van der Waals surface area contributed by atoms with Gasteiger partial charge in [-0.15, -0.1) is 0 Å². The molecule has 28 heavy (non-hydrogen) atoms. The molecule has 0 saturated carbocycles. The number of ether oxygens (including phenoxy) is 2.